The number of hydrogen-bond donors (Lipinski definition) is 2. The van der Waals surface area contributed by atoms with E-state index in [1.165, 1.54) is 12.1 Å². The molecule has 0 bridgehead atoms. The highest BCUT2D eigenvalue weighted by atomic mass is 35.5. The third-order valence-electron chi connectivity index (χ3n) is 4.32. The summed E-state index contributed by atoms with van der Waals surface area (Å²) in [6.45, 7) is 8.06. The molecule has 1 aliphatic heterocycles. The zero-order valence-electron chi connectivity index (χ0n) is 14.8. The number of nitrogens with one attached hydrogen (secondary N) is 1. The molecule has 5 nitrogen and oxygen atoms in total. The normalized spacial score (nSPS) is 19.4. The Balaban J connectivity index is 1.90. The summed E-state index contributed by atoms with van der Waals surface area (Å²) in [5, 5.41) is 12.2. The Labute approximate surface area is 153 Å². The Hall–Kier alpha value is -1.21. The van der Waals surface area contributed by atoms with Crippen LogP contribution in [0.15, 0.2) is 18.2 Å². The van der Waals surface area contributed by atoms with Gasteiger partial charge in [0.15, 0.2) is 0 Å². The van der Waals surface area contributed by atoms with Crippen molar-refractivity contribution in [2.45, 2.75) is 26.3 Å². The van der Waals surface area contributed by atoms with Gasteiger partial charge in [0.1, 0.15) is 5.82 Å². The van der Waals surface area contributed by atoms with Crippen molar-refractivity contribution < 1.29 is 14.3 Å². The van der Waals surface area contributed by atoms with Gasteiger partial charge in [-0.25, -0.2) is 4.39 Å². The lowest BCUT2D eigenvalue weighted by molar-refractivity contribution is -0.118. The summed E-state index contributed by atoms with van der Waals surface area (Å²) in [6.07, 6.45) is 0.691. The van der Waals surface area contributed by atoms with E-state index >= 15 is 0 Å². The van der Waals surface area contributed by atoms with Crippen molar-refractivity contribution >= 4 is 23.2 Å². The molecule has 1 unspecified atom stereocenters. The van der Waals surface area contributed by atoms with Gasteiger partial charge >= 0.3 is 0 Å². The Kier molecular flexibility index (Phi) is 7.62. The van der Waals surface area contributed by atoms with Gasteiger partial charge in [0.25, 0.3) is 0 Å². The van der Waals surface area contributed by atoms with Crippen molar-refractivity contribution in [3.8, 4) is 0 Å². The SMILES string of the molecule is CC(C)CN1CCN(CC(=O)Nc2ccc(Cl)cc2F)CC1CCO. The molecule has 0 spiro atoms. The van der Waals surface area contributed by atoms with E-state index in [9.17, 15) is 14.3 Å². The van der Waals surface area contributed by atoms with Crippen LogP contribution in [0.4, 0.5) is 10.1 Å². The maximum absolute atomic E-state index is 13.8. The molecule has 0 saturated carbocycles. The molecular weight excluding hydrogens is 345 g/mol. The first-order valence-electron chi connectivity index (χ1n) is 8.71. The third kappa shape index (κ3) is 6.22. The van der Waals surface area contributed by atoms with Crippen LogP contribution in [-0.4, -0.2) is 66.2 Å². The maximum Gasteiger partial charge on any atom is 0.238 e. The number of amides is 1. The molecule has 1 atom stereocenters. The van der Waals surface area contributed by atoms with Crippen molar-refractivity contribution in [3.63, 3.8) is 0 Å². The zero-order valence-corrected chi connectivity index (χ0v) is 15.6. The van der Waals surface area contributed by atoms with Crippen LogP contribution in [0, 0.1) is 11.7 Å². The molecule has 1 aromatic carbocycles. The Morgan fingerprint density at radius 3 is 2.84 bits per heavy atom. The van der Waals surface area contributed by atoms with Gasteiger partial charge in [0.05, 0.1) is 12.2 Å². The van der Waals surface area contributed by atoms with E-state index < -0.39 is 5.82 Å². The number of carbonyl (C=O) groups is 1. The van der Waals surface area contributed by atoms with Gasteiger partial charge in [-0.2, -0.15) is 0 Å². The van der Waals surface area contributed by atoms with Crippen LogP contribution < -0.4 is 5.32 Å². The number of piperazine rings is 1. The van der Waals surface area contributed by atoms with Crippen LogP contribution >= 0.6 is 11.6 Å². The van der Waals surface area contributed by atoms with E-state index in [0.29, 0.717) is 17.4 Å². The average Bonchev–Trinajstić information content (AvgIpc) is 2.52. The Morgan fingerprint density at radius 2 is 2.20 bits per heavy atom. The molecular formula is C18H27ClFN3O2. The fourth-order valence-corrected chi connectivity index (χ4v) is 3.38. The molecule has 7 heteroatoms. The Bertz CT molecular complexity index is 585. The molecule has 1 amide bonds. The fraction of sp³-hybridized carbons (Fsp3) is 0.611. The van der Waals surface area contributed by atoms with Gasteiger partial charge in [-0.15, -0.1) is 0 Å². The molecule has 1 saturated heterocycles. The van der Waals surface area contributed by atoms with E-state index in [0.717, 1.165) is 26.2 Å². The highest BCUT2D eigenvalue weighted by Crippen LogP contribution is 2.19. The standard InChI is InChI=1S/C18H27ClFN3O2/c1-13(2)10-23-7-6-22(11-15(23)5-8-24)12-18(25)21-17-4-3-14(19)9-16(17)20/h3-4,9,13,15,24H,5-8,10-12H2,1-2H3,(H,21,25). The minimum atomic E-state index is -0.541. The second-order valence-electron chi connectivity index (χ2n) is 6.96. The summed E-state index contributed by atoms with van der Waals surface area (Å²) in [7, 11) is 0. The number of hydrogen-bond acceptors (Lipinski definition) is 4. The van der Waals surface area contributed by atoms with Gasteiger partial charge < -0.3 is 10.4 Å². The monoisotopic (exact) mass is 371 g/mol. The first kappa shape index (κ1) is 20.1. The number of anilines is 1. The number of aliphatic hydroxyl groups excluding tert-OH is 1. The van der Waals surface area contributed by atoms with Crippen molar-refractivity contribution in [1.29, 1.82) is 0 Å². The second kappa shape index (κ2) is 9.48. The van der Waals surface area contributed by atoms with Gasteiger partial charge in [-0.3, -0.25) is 14.6 Å². The van der Waals surface area contributed by atoms with Crippen molar-refractivity contribution in [3.05, 3.63) is 29.0 Å². The van der Waals surface area contributed by atoms with E-state index in [1.807, 2.05) is 0 Å². The lowest BCUT2D eigenvalue weighted by Gasteiger charge is -2.42. The van der Waals surface area contributed by atoms with E-state index in [-0.39, 0.29) is 30.8 Å². The van der Waals surface area contributed by atoms with E-state index in [2.05, 4.69) is 29.0 Å². The molecule has 1 heterocycles. The molecule has 0 aliphatic carbocycles. The smallest absolute Gasteiger partial charge is 0.238 e. The first-order chi connectivity index (χ1) is 11.9. The number of nitrogens with zero attached hydrogens (tertiary/aromatic N) is 2. The summed E-state index contributed by atoms with van der Waals surface area (Å²) < 4.78 is 13.8. The quantitative estimate of drug-likeness (QED) is 0.773. The molecule has 2 N–H and O–H groups in total. The number of aliphatic hydroxyl groups is 1. The number of rotatable bonds is 7. The van der Waals surface area contributed by atoms with Crippen LogP contribution in [0.2, 0.25) is 5.02 Å². The van der Waals surface area contributed by atoms with Crippen molar-refractivity contribution in [2.24, 2.45) is 5.92 Å². The fourth-order valence-electron chi connectivity index (χ4n) is 3.22. The summed E-state index contributed by atoms with van der Waals surface area (Å²) in [5.74, 6) is -0.231. The van der Waals surface area contributed by atoms with Gasteiger partial charge in [-0.05, 0) is 30.5 Å². The van der Waals surface area contributed by atoms with E-state index in [1.54, 1.807) is 6.07 Å². The van der Waals surface area contributed by atoms with Crippen molar-refractivity contribution in [1.82, 2.24) is 9.80 Å². The van der Waals surface area contributed by atoms with Crippen LogP contribution in [-0.2, 0) is 4.79 Å². The van der Waals surface area contributed by atoms with Crippen molar-refractivity contribution in [2.75, 3.05) is 44.6 Å². The van der Waals surface area contributed by atoms with Crippen LogP contribution in [0.25, 0.3) is 0 Å². The van der Waals surface area contributed by atoms with E-state index in [4.69, 9.17) is 11.6 Å². The predicted octanol–water partition coefficient (Wildman–Crippen LogP) is 2.44. The van der Waals surface area contributed by atoms with Gasteiger partial charge in [-0.1, -0.05) is 25.4 Å². The first-order valence-corrected chi connectivity index (χ1v) is 9.09. The molecule has 140 valence electrons. The topological polar surface area (TPSA) is 55.8 Å². The number of carbonyl (C=O) groups excluding carboxylic acids is 1. The molecule has 1 aromatic rings. The summed E-state index contributed by atoms with van der Waals surface area (Å²) in [4.78, 5) is 16.7. The average molecular weight is 372 g/mol. The maximum atomic E-state index is 13.8. The second-order valence-corrected chi connectivity index (χ2v) is 7.40. The highest BCUT2D eigenvalue weighted by molar-refractivity contribution is 6.30. The molecule has 2 rings (SSSR count). The molecule has 1 fully saturated rings. The van der Waals surface area contributed by atoms with Crippen LogP contribution in [0.5, 0.6) is 0 Å². The minimum absolute atomic E-state index is 0.134. The third-order valence-corrected chi connectivity index (χ3v) is 4.56. The predicted molar refractivity (Wildman–Crippen MR) is 98.4 cm³/mol. The van der Waals surface area contributed by atoms with Gasteiger partial charge in [0.2, 0.25) is 5.91 Å². The number of benzene rings is 1. The summed E-state index contributed by atoms with van der Waals surface area (Å²) >= 11 is 5.72. The number of halogens is 2. The lowest BCUT2D eigenvalue weighted by atomic mass is 10.1. The summed E-state index contributed by atoms with van der Waals surface area (Å²) in [5.41, 5.74) is 0.139. The van der Waals surface area contributed by atoms with Gasteiger partial charge in [0, 0.05) is 43.9 Å². The Morgan fingerprint density at radius 1 is 1.44 bits per heavy atom. The summed E-state index contributed by atoms with van der Waals surface area (Å²) in [6, 6.07) is 4.42. The minimum Gasteiger partial charge on any atom is -0.396 e. The molecule has 25 heavy (non-hydrogen) atoms. The largest absolute Gasteiger partial charge is 0.396 e. The lowest BCUT2D eigenvalue weighted by Crippen LogP contribution is -2.55. The molecule has 1 aliphatic rings. The molecule has 0 radical (unpaired) electrons. The van der Waals surface area contributed by atoms with Crippen LogP contribution in [0.3, 0.4) is 0 Å². The van der Waals surface area contributed by atoms with Crippen LogP contribution in [0.1, 0.15) is 20.3 Å². The zero-order chi connectivity index (χ0) is 18.4. The highest BCUT2D eigenvalue weighted by Gasteiger charge is 2.28. The molecule has 0 aromatic heterocycles.